The SMILES string of the molecule is CC1=C(/C=C/Cl)CC(Cl)C(C)(Cl)C1. The van der Waals surface area contributed by atoms with E-state index in [0.29, 0.717) is 0 Å². The van der Waals surface area contributed by atoms with E-state index in [9.17, 15) is 0 Å². The Hall–Kier alpha value is 0.350. The molecular formula is C10H13Cl3. The van der Waals surface area contributed by atoms with Crippen LogP contribution < -0.4 is 0 Å². The van der Waals surface area contributed by atoms with Crippen LogP contribution in [0.1, 0.15) is 26.7 Å². The summed E-state index contributed by atoms with van der Waals surface area (Å²) in [6, 6.07) is 0. The summed E-state index contributed by atoms with van der Waals surface area (Å²) in [5.74, 6) is 0. The fourth-order valence-corrected chi connectivity index (χ4v) is 2.28. The first-order valence-electron chi connectivity index (χ1n) is 4.26. The molecule has 0 bridgehead atoms. The fraction of sp³-hybridized carbons (Fsp3) is 0.600. The Kier molecular flexibility index (Phi) is 3.73. The molecule has 2 unspecified atom stereocenters. The van der Waals surface area contributed by atoms with Crippen LogP contribution in [0.3, 0.4) is 0 Å². The lowest BCUT2D eigenvalue weighted by Crippen LogP contribution is -2.33. The Morgan fingerprint density at radius 1 is 1.54 bits per heavy atom. The van der Waals surface area contributed by atoms with Crippen LogP contribution in [0, 0.1) is 0 Å². The number of hydrogen-bond donors (Lipinski definition) is 0. The summed E-state index contributed by atoms with van der Waals surface area (Å²) in [5, 5.41) is -0.0132. The quantitative estimate of drug-likeness (QED) is 0.593. The first-order valence-corrected chi connectivity index (χ1v) is 5.51. The largest absolute Gasteiger partial charge is 0.121 e. The normalized spacial score (nSPS) is 35.9. The summed E-state index contributed by atoms with van der Waals surface area (Å²) >= 11 is 17.9. The minimum absolute atomic E-state index is 0.0132. The van der Waals surface area contributed by atoms with Gasteiger partial charge in [0.2, 0.25) is 0 Å². The molecule has 0 aromatic carbocycles. The van der Waals surface area contributed by atoms with Gasteiger partial charge in [-0.3, -0.25) is 0 Å². The summed E-state index contributed by atoms with van der Waals surface area (Å²) in [6.07, 6.45) is 3.54. The Labute approximate surface area is 94.5 Å². The van der Waals surface area contributed by atoms with E-state index in [1.54, 1.807) is 0 Å². The van der Waals surface area contributed by atoms with Crippen LogP contribution in [-0.2, 0) is 0 Å². The molecule has 0 aliphatic heterocycles. The summed E-state index contributed by atoms with van der Waals surface area (Å²) in [4.78, 5) is -0.310. The number of alkyl halides is 2. The van der Waals surface area contributed by atoms with Gasteiger partial charge in [0.15, 0.2) is 0 Å². The zero-order valence-electron chi connectivity index (χ0n) is 7.78. The lowest BCUT2D eigenvalue weighted by molar-refractivity contribution is 0.547. The molecule has 0 spiro atoms. The Morgan fingerprint density at radius 3 is 2.69 bits per heavy atom. The van der Waals surface area contributed by atoms with Crippen molar-refractivity contribution in [1.29, 1.82) is 0 Å². The Bertz CT molecular complexity index is 251. The van der Waals surface area contributed by atoms with Gasteiger partial charge in [-0.2, -0.15) is 0 Å². The van der Waals surface area contributed by atoms with Gasteiger partial charge in [0.1, 0.15) is 0 Å². The van der Waals surface area contributed by atoms with Gasteiger partial charge < -0.3 is 0 Å². The van der Waals surface area contributed by atoms with Gasteiger partial charge in [0.05, 0.1) is 10.3 Å². The van der Waals surface area contributed by atoms with Gasteiger partial charge in [-0.05, 0) is 38.3 Å². The van der Waals surface area contributed by atoms with Crippen LogP contribution in [0.5, 0.6) is 0 Å². The predicted octanol–water partition coefficient (Wildman–Crippen LogP) is 4.45. The minimum Gasteiger partial charge on any atom is -0.121 e. The highest BCUT2D eigenvalue weighted by Crippen LogP contribution is 2.40. The molecule has 0 N–H and O–H groups in total. The van der Waals surface area contributed by atoms with Crippen molar-refractivity contribution in [3.63, 3.8) is 0 Å². The van der Waals surface area contributed by atoms with E-state index in [1.165, 1.54) is 16.7 Å². The molecule has 0 heterocycles. The van der Waals surface area contributed by atoms with Crippen LogP contribution in [0.4, 0.5) is 0 Å². The Morgan fingerprint density at radius 2 is 2.15 bits per heavy atom. The van der Waals surface area contributed by atoms with Crippen molar-refractivity contribution in [1.82, 2.24) is 0 Å². The van der Waals surface area contributed by atoms with E-state index >= 15 is 0 Å². The molecule has 1 aliphatic rings. The van der Waals surface area contributed by atoms with E-state index in [4.69, 9.17) is 34.8 Å². The third-order valence-corrected chi connectivity index (χ3v) is 3.75. The zero-order valence-corrected chi connectivity index (χ0v) is 10.0. The predicted molar refractivity (Wildman–Crippen MR) is 60.8 cm³/mol. The highest BCUT2D eigenvalue weighted by Gasteiger charge is 2.35. The molecule has 0 aromatic rings. The third kappa shape index (κ3) is 2.65. The lowest BCUT2D eigenvalue weighted by atomic mass is 9.84. The summed E-state index contributed by atoms with van der Waals surface area (Å²) < 4.78 is 0. The second kappa shape index (κ2) is 4.25. The monoisotopic (exact) mass is 238 g/mol. The van der Waals surface area contributed by atoms with E-state index < -0.39 is 0 Å². The second-order valence-electron chi connectivity index (χ2n) is 3.72. The van der Waals surface area contributed by atoms with Gasteiger partial charge >= 0.3 is 0 Å². The number of halogens is 3. The van der Waals surface area contributed by atoms with Crippen molar-refractivity contribution in [3.05, 3.63) is 22.8 Å². The highest BCUT2D eigenvalue weighted by molar-refractivity contribution is 6.32. The molecule has 0 aromatic heterocycles. The molecule has 74 valence electrons. The molecule has 0 amide bonds. The van der Waals surface area contributed by atoms with E-state index in [0.717, 1.165) is 12.8 Å². The van der Waals surface area contributed by atoms with Crippen LogP contribution in [0.25, 0.3) is 0 Å². The first kappa shape index (κ1) is 11.4. The van der Waals surface area contributed by atoms with E-state index in [2.05, 4.69) is 6.92 Å². The molecule has 13 heavy (non-hydrogen) atoms. The molecule has 0 nitrogen and oxygen atoms in total. The van der Waals surface area contributed by atoms with Crippen molar-refractivity contribution in [3.8, 4) is 0 Å². The second-order valence-corrected chi connectivity index (χ2v) is 5.37. The van der Waals surface area contributed by atoms with Gasteiger partial charge in [-0.1, -0.05) is 17.2 Å². The Balaban J connectivity index is 2.90. The lowest BCUT2D eigenvalue weighted by Gasteiger charge is -2.33. The molecule has 0 saturated carbocycles. The molecule has 1 rings (SSSR count). The molecular weight excluding hydrogens is 226 g/mol. The average Bonchev–Trinajstić information content (AvgIpc) is 2.00. The maximum Gasteiger partial charge on any atom is 0.0622 e. The maximum absolute atomic E-state index is 6.26. The topological polar surface area (TPSA) is 0 Å². The van der Waals surface area contributed by atoms with Gasteiger partial charge in [-0.15, -0.1) is 23.2 Å². The zero-order chi connectivity index (χ0) is 10.1. The summed E-state index contributed by atoms with van der Waals surface area (Å²) in [7, 11) is 0. The van der Waals surface area contributed by atoms with Gasteiger partial charge in [0, 0.05) is 5.54 Å². The standard InChI is InChI=1S/C10H13Cl3/c1-7-6-10(2,13)9(12)5-8(7)3-4-11/h3-4,9H,5-6H2,1-2H3/b4-3+. The maximum atomic E-state index is 6.26. The van der Waals surface area contributed by atoms with Crippen molar-refractivity contribution < 1.29 is 0 Å². The summed E-state index contributed by atoms with van der Waals surface area (Å²) in [5.41, 5.74) is 4.03. The minimum atomic E-state index is -0.310. The van der Waals surface area contributed by atoms with Crippen LogP contribution in [0.15, 0.2) is 22.8 Å². The molecule has 0 saturated heterocycles. The van der Waals surface area contributed by atoms with Crippen molar-refractivity contribution in [2.45, 2.75) is 36.9 Å². The fourth-order valence-electron chi connectivity index (χ4n) is 1.61. The first-order chi connectivity index (χ1) is 5.97. The highest BCUT2D eigenvalue weighted by atomic mass is 35.5. The van der Waals surface area contributed by atoms with Crippen molar-refractivity contribution >= 4 is 34.8 Å². The van der Waals surface area contributed by atoms with E-state index in [1.807, 2.05) is 13.0 Å². The third-order valence-electron chi connectivity index (χ3n) is 2.48. The molecule has 3 heteroatoms. The average molecular weight is 240 g/mol. The number of hydrogen-bond acceptors (Lipinski definition) is 0. The van der Waals surface area contributed by atoms with Gasteiger partial charge in [-0.25, -0.2) is 0 Å². The van der Waals surface area contributed by atoms with Crippen LogP contribution in [-0.4, -0.2) is 10.3 Å². The van der Waals surface area contributed by atoms with Crippen molar-refractivity contribution in [2.75, 3.05) is 0 Å². The summed E-state index contributed by atoms with van der Waals surface area (Å²) in [6.45, 7) is 4.06. The number of rotatable bonds is 1. The van der Waals surface area contributed by atoms with Crippen molar-refractivity contribution in [2.24, 2.45) is 0 Å². The molecule has 1 aliphatic carbocycles. The van der Waals surface area contributed by atoms with Gasteiger partial charge in [0.25, 0.3) is 0 Å². The molecule has 2 atom stereocenters. The van der Waals surface area contributed by atoms with Crippen LogP contribution in [0.2, 0.25) is 0 Å². The van der Waals surface area contributed by atoms with E-state index in [-0.39, 0.29) is 10.3 Å². The van der Waals surface area contributed by atoms with Crippen LogP contribution >= 0.6 is 34.8 Å². The number of allylic oxidation sites excluding steroid dienone is 3. The smallest absolute Gasteiger partial charge is 0.0622 e. The molecule has 0 radical (unpaired) electrons. The molecule has 0 fully saturated rings.